The van der Waals surface area contributed by atoms with Crippen molar-refractivity contribution >= 4 is 23.0 Å². The van der Waals surface area contributed by atoms with Crippen LogP contribution in [-0.4, -0.2) is 16.1 Å². The molecule has 1 saturated carbocycles. The maximum atomic E-state index is 5.26. The summed E-state index contributed by atoms with van der Waals surface area (Å²) >= 11 is 5.26. The Morgan fingerprint density at radius 2 is 2.05 bits per heavy atom. The van der Waals surface area contributed by atoms with Gasteiger partial charge in [0.05, 0.1) is 5.70 Å². The molecular formula is C14H20N4S. The Morgan fingerprint density at radius 3 is 2.74 bits per heavy atom. The Hall–Kier alpha value is -1.62. The van der Waals surface area contributed by atoms with Crippen LogP contribution in [0.1, 0.15) is 37.7 Å². The minimum atomic E-state index is 0.502. The summed E-state index contributed by atoms with van der Waals surface area (Å²) in [6.07, 6.45) is 9.81. The summed E-state index contributed by atoms with van der Waals surface area (Å²) in [5, 5.41) is 3.95. The van der Waals surface area contributed by atoms with Crippen LogP contribution in [0, 0.1) is 0 Å². The maximum absolute atomic E-state index is 5.26. The zero-order valence-corrected chi connectivity index (χ0v) is 11.8. The van der Waals surface area contributed by atoms with Crippen molar-refractivity contribution in [3.8, 4) is 0 Å². The average molecular weight is 276 g/mol. The molecule has 1 aliphatic rings. The normalized spacial score (nSPS) is 15.6. The fraction of sp³-hybridized carbons (Fsp3) is 0.429. The van der Waals surface area contributed by atoms with Crippen molar-refractivity contribution in [2.24, 2.45) is 0 Å². The van der Waals surface area contributed by atoms with E-state index in [0.717, 1.165) is 11.3 Å². The third-order valence-electron chi connectivity index (χ3n) is 3.28. The van der Waals surface area contributed by atoms with Crippen LogP contribution in [0.25, 0.3) is 5.70 Å². The first-order valence-corrected chi connectivity index (χ1v) is 7.08. The summed E-state index contributed by atoms with van der Waals surface area (Å²) in [5.41, 5.74) is 7.66. The molecule has 1 aromatic heterocycles. The smallest absolute Gasteiger partial charge is 0.185 e. The van der Waals surface area contributed by atoms with E-state index < -0.39 is 0 Å². The molecule has 5 heteroatoms. The lowest BCUT2D eigenvalue weighted by atomic mass is 9.96. The Kier molecular flexibility index (Phi) is 5.15. The van der Waals surface area contributed by atoms with Crippen molar-refractivity contribution < 1.29 is 0 Å². The Bertz CT molecular complexity index is 426. The fourth-order valence-electron chi connectivity index (χ4n) is 2.21. The van der Waals surface area contributed by atoms with Gasteiger partial charge >= 0.3 is 0 Å². The maximum Gasteiger partial charge on any atom is 0.185 e. The molecule has 0 amide bonds. The highest BCUT2D eigenvalue weighted by atomic mass is 32.1. The van der Waals surface area contributed by atoms with Crippen molar-refractivity contribution in [3.63, 3.8) is 0 Å². The zero-order chi connectivity index (χ0) is 13.5. The molecule has 0 radical (unpaired) electrons. The summed E-state index contributed by atoms with van der Waals surface area (Å²) in [7, 11) is 0. The lowest BCUT2D eigenvalue weighted by Crippen LogP contribution is -2.47. The standard InChI is InChI=1S/C14H20N4S/c1-11(12-6-5-9-15-10-12)17-18-14(19)16-13-7-3-2-4-8-13/h5-6,9-10,13,17H,1-4,7-8H2,(H2,16,18,19). The molecule has 1 fully saturated rings. The molecule has 0 atom stereocenters. The van der Waals surface area contributed by atoms with E-state index in [9.17, 15) is 0 Å². The van der Waals surface area contributed by atoms with Gasteiger partial charge in [-0.3, -0.25) is 15.8 Å². The van der Waals surface area contributed by atoms with Crippen molar-refractivity contribution in [2.45, 2.75) is 38.1 Å². The van der Waals surface area contributed by atoms with Crippen molar-refractivity contribution in [1.82, 2.24) is 21.2 Å². The van der Waals surface area contributed by atoms with E-state index in [4.69, 9.17) is 12.2 Å². The van der Waals surface area contributed by atoms with Gasteiger partial charge in [-0.2, -0.15) is 0 Å². The first-order valence-electron chi connectivity index (χ1n) is 6.67. The molecule has 3 N–H and O–H groups in total. The molecule has 0 aliphatic heterocycles. The minimum absolute atomic E-state index is 0.502. The van der Waals surface area contributed by atoms with Gasteiger partial charge in [0.15, 0.2) is 5.11 Å². The van der Waals surface area contributed by atoms with Gasteiger partial charge in [-0.1, -0.05) is 25.8 Å². The van der Waals surface area contributed by atoms with Gasteiger partial charge in [-0.25, -0.2) is 0 Å². The van der Waals surface area contributed by atoms with E-state index in [0.29, 0.717) is 11.2 Å². The predicted octanol–water partition coefficient (Wildman–Crippen LogP) is 2.35. The van der Waals surface area contributed by atoms with E-state index in [-0.39, 0.29) is 0 Å². The Labute approximate surface area is 119 Å². The Balaban J connectivity index is 1.72. The topological polar surface area (TPSA) is 49.0 Å². The second-order valence-corrected chi connectivity index (χ2v) is 5.19. The number of thiocarbonyl (C=S) groups is 1. The van der Waals surface area contributed by atoms with Crippen molar-refractivity contribution in [2.75, 3.05) is 0 Å². The van der Waals surface area contributed by atoms with Gasteiger partial charge < -0.3 is 5.32 Å². The highest BCUT2D eigenvalue weighted by Crippen LogP contribution is 2.17. The number of nitrogens with one attached hydrogen (secondary N) is 3. The summed E-state index contributed by atoms with van der Waals surface area (Å²) in [5.74, 6) is 0. The molecule has 1 aliphatic carbocycles. The largest absolute Gasteiger partial charge is 0.359 e. The quantitative estimate of drug-likeness (QED) is 0.582. The van der Waals surface area contributed by atoms with Crippen molar-refractivity contribution in [3.05, 3.63) is 36.7 Å². The molecule has 1 heterocycles. The highest BCUT2D eigenvalue weighted by molar-refractivity contribution is 7.80. The Morgan fingerprint density at radius 1 is 1.26 bits per heavy atom. The number of pyridine rings is 1. The number of rotatable bonds is 4. The third kappa shape index (κ3) is 4.52. The number of nitrogens with zero attached hydrogens (tertiary/aromatic N) is 1. The van der Waals surface area contributed by atoms with Crippen LogP contribution in [0.4, 0.5) is 0 Å². The lowest BCUT2D eigenvalue weighted by molar-refractivity contribution is 0.411. The molecule has 102 valence electrons. The molecule has 0 unspecified atom stereocenters. The number of hydrogen-bond acceptors (Lipinski definition) is 3. The molecule has 0 bridgehead atoms. The van der Waals surface area contributed by atoms with Gasteiger partial charge in [-0.15, -0.1) is 0 Å². The van der Waals surface area contributed by atoms with Crippen LogP contribution in [0.15, 0.2) is 31.1 Å². The zero-order valence-electron chi connectivity index (χ0n) is 11.0. The molecule has 0 aromatic carbocycles. The van der Waals surface area contributed by atoms with Gasteiger partial charge in [0.1, 0.15) is 0 Å². The molecule has 19 heavy (non-hydrogen) atoms. The fourth-order valence-corrected chi connectivity index (χ4v) is 2.43. The van der Waals surface area contributed by atoms with Gasteiger partial charge in [0, 0.05) is 24.0 Å². The first-order chi connectivity index (χ1) is 9.25. The van der Waals surface area contributed by atoms with E-state index in [2.05, 4.69) is 27.7 Å². The second kappa shape index (κ2) is 7.09. The van der Waals surface area contributed by atoms with Crippen LogP contribution in [-0.2, 0) is 0 Å². The molecular weight excluding hydrogens is 256 g/mol. The minimum Gasteiger partial charge on any atom is -0.359 e. The molecule has 0 spiro atoms. The van der Waals surface area contributed by atoms with Gasteiger partial charge in [-0.05, 0) is 37.2 Å². The molecule has 2 rings (SSSR count). The summed E-state index contributed by atoms with van der Waals surface area (Å²) in [4.78, 5) is 4.05. The number of hydrazine groups is 1. The van der Waals surface area contributed by atoms with Crippen LogP contribution < -0.4 is 16.2 Å². The van der Waals surface area contributed by atoms with E-state index in [1.807, 2.05) is 12.1 Å². The highest BCUT2D eigenvalue weighted by Gasteiger charge is 2.13. The van der Waals surface area contributed by atoms with E-state index >= 15 is 0 Å². The molecule has 0 saturated heterocycles. The van der Waals surface area contributed by atoms with Crippen LogP contribution in [0.2, 0.25) is 0 Å². The van der Waals surface area contributed by atoms with Gasteiger partial charge in [0.2, 0.25) is 0 Å². The van der Waals surface area contributed by atoms with Crippen LogP contribution >= 0.6 is 12.2 Å². The summed E-state index contributed by atoms with van der Waals surface area (Å²) < 4.78 is 0. The molecule has 1 aromatic rings. The predicted molar refractivity (Wildman–Crippen MR) is 82.1 cm³/mol. The average Bonchev–Trinajstić information content (AvgIpc) is 2.47. The first kappa shape index (κ1) is 13.8. The summed E-state index contributed by atoms with van der Waals surface area (Å²) in [6.45, 7) is 3.94. The van der Waals surface area contributed by atoms with Crippen LogP contribution in [0.5, 0.6) is 0 Å². The SMILES string of the molecule is C=C(NNC(=S)NC1CCCCC1)c1cccnc1. The number of hydrogen-bond donors (Lipinski definition) is 3. The monoisotopic (exact) mass is 276 g/mol. The number of aromatic nitrogens is 1. The third-order valence-corrected chi connectivity index (χ3v) is 3.50. The second-order valence-electron chi connectivity index (χ2n) is 4.78. The van der Waals surface area contributed by atoms with Gasteiger partial charge in [0.25, 0.3) is 0 Å². The summed E-state index contributed by atoms with van der Waals surface area (Å²) in [6, 6.07) is 4.32. The van der Waals surface area contributed by atoms with E-state index in [1.165, 1.54) is 32.1 Å². The van der Waals surface area contributed by atoms with Crippen LogP contribution in [0.3, 0.4) is 0 Å². The molecule has 4 nitrogen and oxygen atoms in total. The van der Waals surface area contributed by atoms with Crippen molar-refractivity contribution in [1.29, 1.82) is 0 Å². The lowest BCUT2D eigenvalue weighted by Gasteiger charge is -2.24. The van der Waals surface area contributed by atoms with E-state index in [1.54, 1.807) is 12.4 Å².